The molecular weight excluding hydrogens is 708 g/mol. The van der Waals surface area contributed by atoms with E-state index in [1.165, 1.54) is 11.8 Å². The molecule has 3 fully saturated rings. The van der Waals surface area contributed by atoms with Gasteiger partial charge in [-0.1, -0.05) is 54.6 Å². The number of halogens is 3. The van der Waals surface area contributed by atoms with Crippen LogP contribution >= 0.6 is 0 Å². The normalized spacial score (nSPS) is 23.3. The molecule has 2 bridgehead atoms. The minimum absolute atomic E-state index is 0.0565. The molecule has 2 aromatic carbocycles. The zero-order chi connectivity index (χ0) is 37.9. The summed E-state index contributed by atoms with van der Waals surface area (Å²) in [6.45, 7) is 3.98. The van der Waals surface area contributed by atoms with Gasteiger partial charge in [0.25, 0.3) is 0 Å². The van der Waals surface area contributed by atoms with Crippen LogP contribution in [-0.4, -0.2) is 96.2 Å². The summed E-state index contributed by atoms with van der Waals surface area (Å²) in [5.74, 6) is 0.204. The standard InChI is InChI=1S/C37H41N5O4S.C2HF3O/c1-23(43)42-27-13-14-28(42)20-37(19-27)33-30(40(2)36(37)44)21-38-35-32(33)31(25-7-5-4-6-8-25)34(39-35)26-11-9-24(10-12-26)22-41-17-15-29(16-18-41)47(3,45)46;3-2(4,5)1-6/h4-12,21,27-29H,13-20,22H2,1-3H3,(H,38,39);1H. The fourth-order valence-electron chi connectivity index (χ4n) is 9.20. The Bertz CT molecular complexity index is 2150. The minimum atomic E-state index is -4.64. The number of hydrogen-bond acceptors (Lipinski definition) is 7. The van der Waals surface area contributed by atoms with E-state index in [0.29, 0.717) is 25.7 Å². The number of hydrogen-bond donors (Lipinski definition) is 1. The van der Waals surface area contributed by atoms with Crippen molar-refractivity contribution in [3.63, 3.8) is 0 Å². The zero-order valence-corrected chi connectivity index (χ0v) is 30.6. The average Bonchev–Trinajstić information content (AvgIpc) is 3.72. The van der Waals surface area contributed by atoms with E-state index in [1.54, 1.807) is 11.8 Å². The molecule has 4 aliphatic heterocycles. The molecule has 2 unspecified atom stereocenters. The summed E-state index contributed by atoms with van der Waals surface area (Å²) in [7, 11) is -1.13. The van der Waals surface area contributed by atoms with Crippen LogP contribution in [0.3, 0.4) is 0 Å². The molecule has 4 aliphatic rings. The van der Waals surface area contributed by atoms with Crippen LogP contribution in [0.15, 0.2) is 60.8 Å². The molecule has 53 heavy (non-hydrogen) atoms. The first-order valence-corrected chi connectivity index (χ1v) is 19.8. The molecule has 0 aliphatic carbocycles. The van der Waals surface area contributed by atoms with Crippen LogP contribution in [0.5, 0.6) is 0 Å². The van der Waals surface area contributed by atoms with Crippen molar-refractivity contribution >= 4 is 44.7 Å². The van der Waals surface area contributed by atoms with Gasteiger partial charge >= 0.3 is 6.18 Å². The number of rotatable bonds is 5. The van der Waals surface area contributed by atoms with Crippen LogP contribution in [0, 0.1) is 0 Å². The molecule has 14 heteroatoms. The highest BCUT2D eigenvalue weighted by atomic mass is 32.2. The topological polar surface area (TPSA) is 124 Å². The summed E-state index contributed by atoms with van der Waals surface area (Å²) < 4.78 is 55.3. The molecule has 2 aromatic heterocycles. The van der Waals surface area contributed by atoms with Gasteiger partial charge in [-0.25, -0.2) is 13.4 Å². The van der Waals surface area contributed by atoms with Crippen molar-refractivity contribution in [2.75, 3.05) is 31.3 Å². The van der Waals surface area contributed by atoms with Crippen LogP contribution in [0.1, 0.15) is 56.6 Å². The summed E-state index contributed by atoms with van der Waals surface area (Å²) in [6.07, 6.45) is 1.96. The van der Waals surface area contributed by atoms with Crippen molar-refractivity contribution in [1.82, 2.24) is 19.8 Å². The van der Waals surface area contributed by atoms with E-state index in [4.69, 9.17) is 9.78 Å². The lowest BCUT2D eigenvalue weighted by atomic mass is 9.69. The number of sulfone groups is 1. The van der Waals surface area contributed by atoms with E-state index < -0.39 is 27.7 Å². The van der Waals surface area contributed by atoms with Gasteiger partial charge < -0.3 is 14.8 Å². The number of H-pyrrole nitrogens is 1. The number of aromatic amines is 1. The molecule has 2 amide bonds. The average molecular weight is 750 g/mol. The van der Waals surface area contributed by atoms with Crippen molar-refractivity contribution in [2.45, 2.75) is 80.9 Å². The van der Waals surface area contributed by atoms with Crippen molar-refractivity contribution in [2.24, 2.45) is 0 Å². The SMILES string of the molecule is CC(=O)N1C2CCC1CC1(C2)C(=O)N(C)c2cnc3[nH]c(-c4ccc(CN5CCC(S(C)(=O)=O)CC5)cc4)c(-c4ccccc4)c3c21.O=CC(F)(F)F. The van der Waals surface area contributed by atoms with E-state index in [1.807, 2.05) is 36.3 Å². The monoisotopic (exact) mass is 749 g/mol. The largest absolute Gasteiger partial charge is 0.446 e. The Balaban J connectivity index is 0.000000672. The number of aldehydes is 1. The van der Waals surface area contributed by atoms with Gasteiger partial charge in [0.1, 0.15) is 15.5 Å². The third-order valence-corrected chi connectivity index (χ3v) is 13.2. The summed E-state index contributed by atoms with van der Waals surface area (Å²) in [4.78, 5) is 50.4. The number of anilines is 1. The quantitative estimate of drug-likeness (QED) is 0.247. The van der Waals surface area contributed by atoms with Gasteiger partial charge in [0.05, 0.1) is 28.2 Å². The van der Waals surface area contributed by atoms with Gasteiger partial charge in [-0.2, -0.15) is 13.2 Å². The van der Waals surface area contributed by atoms with Crippen molar-refractivity contribution < 1.29 is 36.0 Å². The summed E-state index contributed by atoms with van der Waals surface area (Å²) in [6, 6.07) is 19.1. The first-order chi connectivity index (χ1) is 25.1. The molecule has 4 aromatic rings. The molecule has 0 radical (unpaired) electrons. The Kier molecular flexibility index (Phi) is 9.50. The van der Waals surface area contributed by atoms with Crippen LogP contribution in [0.2, 0.25) is 0 Å². The third kappa shape index (κ3) is 6.75. The van der Waals surface area contributed by atoms with Crippen molar-refractivity contribution in [3.8, 4) is 22.4 Å². The van der Waals surface area contributed by atoms with Gasteiger partial charge in [0, 0.05) is 55.4 Å². The molecule has 2 atom stereocenters. The summed E-state index contributed by atoms with van der Waals surface area (Å²) in [5.41, 5.74) is 7.25. The number of aromatic nitrogens is 2. The van der Waals surface area contributed by atoms with Crippen LogP contribution in [0.25, 0.3) is 33.4 Å². The van der Waals surface area contributed by atoms with E-state index in [2.05, 4.69) is 46.3 Å². The maximum Gasteiger partial charge on any atom is 0.446 e. The van der Waals surface area contributed by atoms with Gasteiger partial charge in [-0.3, -0.25) is 19.3 Å². The molecule has 3 saturated heterocycles. The Labute approximate surface area is 306 Å². The number of likely N-dealkylation sites (tertiary alicyclic amines) is 1. The second-order valence-corrected chi connectivity index (χ2v) is 17.1. The predicted molar refractivity (Wildman–Crippen MR) is 196 cm³/mol. The van der Waals surface area contributed by atoms with E-state index >= 15 is 0 Å². The zero-order valence-electron chi connectivity index (χ0n) is 29.8. The molecule has 6 heterocycles. The summed E-state index contributed by atoms with van der Waals surface area (Å²) in [5, 5.41) is 0.760. The second kappa shape index (κ2) is 13.7. The maximum atomic E-state index is 14.3. The smallest absolute Gasteiger partial charge is 0.339 e. The number of nitrogens with one attached hydrogen (secondary N) is 1. The molecule has 0 saturated carbocycles. The summed E-state index contributed by atoms with van der Waals surface area (Å²) >= 11 is 0. The molecule has 10 nitrogen and oxygen atoms in total. The lowest BCUT2D eigenvalue weighted by Gasteiger charge is -2.43. The number of carbonyl (C=O) groups is 3. The fraction of sp³-hybridized carbons (Fsp3) is 0.436. The van der Waals surface area contributed by atoms with Gasteiger partial charge in [-0.15, -0.1) is 0 Å². The van der Waals surface area contributed by atoms with Gasteiger partial charge in [0.15, 0.2) is 0 Å². The lowest BCUT2D eigenvalue weighted by Crippen LogP contribution is -2.54. The van der Waals surface area contributed by atoms with Crippen molar-refractivity contribution in [3.05, 3.63) is 71.9 Å². The lowest BCUT2D eigenvalue weighted by molar-refractivity contribution is -0.156. The van der Waals surface area contributed by atoms with Crippen LogP contribution in [0.4, 0.5) is 18.9 Å². The Hall–Kier alpha value is -4.56. The Morgan fingerprint density at radius 3 is 2.13 bits per heavy atom. The fourth-order valence-corrected chi connectivity index (χ4v) is 10.3. The second-order valence-electron chi connectivity index (χ2n) is 14.8. The highest BCUT2D eigenvalue weighted by Crippen LogP contribution is 2.57. The van der Waals surface area contributed by atoms with E-state index in [9.17, 15) is 31.2 Å². The van der Waals surface area contributed by atoms with Gasteiger partial charge in [0.2, 0.25) is 18.1 Å². The molecule has 8 rings (SSSR count). The number of alkyl halides is 3. The molecular formula is C39H42F3N5O5S. The van der Waals surface area contributed by atoms with E-state index in [-0.39, 0.29) is 29.1 Å². The number of amides is 2. The molecule has 280 valence electrons. The highest BCUT2D eigenvalue weighted by molar-refractivity contribution is 7.91. The molecule has 1 N–H and O–H groups in total. The number of nitrogens with zero attached hydrogens (tertiary/aromatic N) is 4. The maximum absolute atomic E-state index is 14.3. The first kappa shape index (κ1) is 36.8. The Morgan fingerprint density at radius 2 is 1.58 bits per heavy atom. The number of pyridine rings is 1. The van der Waals surface area contributed by atoms with Crippen LogP contribution in [-0.2, 0) is 36.2 Å². The van der Waals surface area contributed by atoms with Crippen molar-refractivity contribution in [1.29, 1.82) is 0 Å². The highest BCUT2D eigenvalue weighted by Gasteiger charge is 2.59. The number of carbonyl (C=O) groups excluding carboxylic acids is 3. The number of fused-ring (bicyclic) bond motifs is 6. The number of benzene rings is 2. The Morgan fingerprint density at radius 1 is 0.981 bits per heavy atom. The van der Waals surface area contributed by atoms with Gasteiger partial charge in [-0.05, 0) is 68.3 Å². The predicted octanol–water partition coefficient (Wildman–Crippen LogP) is 6.04. The number of piperidine rings is 2. The van der Waals surface area contributed by atoms with E-state index in [0.717, 1.165) is 77.1 Å². The first-order valence-electron chi connectivity index (χ1n) is 17.8. The molecule has 1 spiro atoms. The minimum Gasteiger partial charge on any atom is -0.339 e. The third-order valence-electron chi connectivity index (χ3n) is 11.5. The van der Waals surface area contributed by atoms with Crippen LogP contribution < -0.4 is 4.90 Å². The number of likely N-dealkylation sites (N-methyl/N-ethyl adjacent to an activating group) is 1.